The van der Waals surface area contributed by atoms with Crippen molar-refractivity contribution in [3.8, 4) is 23.8 Å². The van der Waals surface area contributed by atoms with Gasteiger partial charge in [-0.3, -0.25) is 14.9 Å². The first kappa shape index (κ1) is 26.8. The number of nitrogens with one attached hydrogen (secondary N) is 1. The summed E-state index contributed by atoms with van der Waals surface area (Å²) >= 11 is 12.1. The third kappa shape index (κ3) is 5.50. The highest BCUT2D eigenvalue weighted by Crippen LogP contribution is 2.32. The molecular formula is C31H20Cl2N2O5. The summed E-state index contributed by atoms with van der Waals surface area (Å²) in [5.41, 5.74) is 1.25. The van der Waals surface area contributed by atoms with E-state index in [1.807, 2.05) is 30.3 Å². The Labute approximate surface area is 239 Å². The van der Waals surface area contributed by atoms with E-state index < -0.39 is 17.8 Å². The van der Waals surface area contributed by atoms with E-state index in [1.54, 1.807) is 48.5 Å². The lowest BCUT2D eigenvalue weighted by molar-refractivity contribution is -0.122. The first-order chi connectivity index (χ1) is 19.4. The van der Waals surface area contributed by atoms with Gasteiger partial charge in [0.15, 0.2) is 0 Å². The molecule has 4 aromatic carbocycles. The zero-order valence-corrected chi connectivity index (χ0v) is 22.3. The van der Waals surface area contributed by atoms with E-state index in [0.29, 0.717) is 27.1 Å². The minimum Gasteiger partial charge on any atom is -0.489 e. The third-order valence-corrected chi connectivity index (χ3v) is 6.72. The molecule has 0 saturated carbocycles. The molecule has 0 unspecified atom stereocenters. The highest BCUT2D eigenvalue weighted by atomic mass is 35.5. The van der Waals surface area contributed by atoms with Gasteiger partial charge in [-0.1, -0.05) is 65.5 Å². The molecule has 5 rings (SSSR count). The summed E-state index contributed by atoms with van der Waals surface area (Å²) in [6, 6.07) is 21.6. The fraction of sp³-hybridized carbons (Fsp3) is 0.0645. The number of anilines is 1. The SMILES string of the molecule is C#CCOc1ccc2ccccc2c1/C=C1\C(=O)NC(=O)N(c2ccc(OCc3ccc(Cl)cc3Cl)cc2)C1=O. The smallest absolute Gasteiger partial charge is 0.335 e. The minimum absolute atomic E-state index is 0.00207. The zero-order valence-electron chi connectivity index (χ0n) is 20.8. The van der Waals surface area contributed by atoms with Crippen molar-refractivity contribution in [3.63, 3.8) is 0 Å². The fourth-order valence-electron chi connectivity index (χ4n) is 4.20. The number of benzene rings is 4. The quantitative estimate of drug-likeness (QED) is 0.158. The molecule has 1 heterocycles. The van der Waals surface area contributed by atoms with Crippen molar-refractivity contribution in [2.45, 2.75) is 6.61 Å². The van der Waals surface area contributed by atoms with Crippen LogP contribution in [0.25, 0.3) is 16.8 Å². The molecule has 1 saturated heterocycles. The molecule has 4 aromatic rings. The van der Waals surface area contributed by atoms with E-state index in [0.717, 1.165) is 21.2 Å². The summed E-state index contributed by atoms with van der Waals surface area (Å²) < 4.78 is 11.5. The molecule has 9 heteroatoms. The maximum atomic E-state index is 13.5. The number of carbonyl (C=O) groups is 3. The molecule has 198 valence electrons. The summed E-state index contributed by atoms with van der Waals surface area (Å²) in [5.74, 6) is 1.69. The molecule has 0 atom stereocenters. The Morgan fingerprint density at radius 1 is 0.925 bits per heavy atom. The molecule has 0 radical (unpaired) electrons. The number of ether oxygens (including phenoxy) is 2. The van der Waals surface area contributed by atoms with Crippen molar-refractivity contribution < 1.29 is 23.9 Å². The molecule has 0 spiro atoms. The lowest BCUT2D eigenvalue weighted by atomic mass is 9.99. The number of rotatable bonds is 7. The lowest BCUT2D eigenvalue weighted by Crippen LogP contribution is -2.54. The van der Waals surface area contributed by atoms with Gasteiger partial charge in [-0.25, -0.2) is 9.69 Å². The average molecular weight is 571 g/mol. The lowest BCUT2D eigenvalue weighted by Gasteiger charge is -2.26. The number of barbiturate groups is 1. The number of hydrogen-bond donors (Lipinski definition) is 1. The van der Waals surface area contributed by atoms with Crippen LogP contribution in [-0.2, 0) is 16.2 Å². The van der Waals surface area contributed by atoms with Crippen LogP contribution in [0.1, 0.15) is 11.1 Å². The van der Waals surface area contributed by atoms with E-state index >= 15 is 0 Å². The van der Waals surface area contributed by atoms with Crippen molar-refractivity contribution in [1.29, 1.82) is 0 Å². The first-order valence-electron chi connectivity index (χ1n) is 12.0. The van der Waals surface area contributed by atoms with Crippen molar-refractivity contribution in [1.82, 2.24) is 5.32 Å². The largest absolute Gasteiger partial charge is 0.489 e. The number of urea groups is 1. The number of imide groups is 2. The van der Waals surface area contributed by atoms with Crippen molar-refractivity contribution >= 4 is 63.6 Å². The number of hydrogen-bond acceptors (Lipinski definition) is 5. The topological polar surface area (TPSA) is 84.9 Å². The Morgan fingerprint density at radius 2 is 1.70 bits per heavy atom. The van der Waals surface area contributed by atoms with Crippen LogP contribution in [0.3, 0.4) is 0 Å². The van der Waals surface area contributed by atoms with Gasteiger partial charge >= 0.3 is 6.03 Å². The summed E-state index contributed by atoms with van der Waals surface area (Å²) in [7, 11) is 0. The standard InChI is InChI=1S/C31H20Cl2N2O5/c1-2-15-39-28-14-8-19-5-3-4-6-24(19)25(28)17-26-29(36)34-31(38)35(30(26)37)22-10-12-23(13-11-22)40-18-20-7-9-21(32)16-27(20)33/h1,3-14,16-17H,15,18H2,(H,34,36,38)/b26-17+. The fourth-order valence-corrected chi connectivity index (χ4v) is 4.66. The van der Waals surface area contributed by atoms with Crippen LogP contribution in [0.15, 0.2) is 84.4 Å². The van der Waals surface area contributed by atoms with E-state index in [2.05, 4.69) is 11.2 Å². The van der Waals surface area contributed by atoms with E-state index in [1.165, 1.54) is 6.08 Å². The molecule has 1 aliphatic rings. The van der Waals surface area contributed by atoms with Crippen LogP contribution in [0.4, 0.5) is 10.5 Å². The summed E-state index contributed by atoms with van der Waals surface area (Å²) in [4.78, 5) is 40.0. The Morgan fingerprint density at radius 3 is 2.45 bits per heavy atom. The maximum absolute atomic E-state index is 13.5. The van der Waals surface area contributed by atoms with E-state index in [-0.39, 0.29) is 24.5 Å². The van der Waals surface area contributed by atoms with Gasteiger partial charge < -0.3 is 9.47 Å². The molecule has 0 aliphatic carbocycles. The van der Waals surface area contributed by atoms with Crippen molar-refractivity contribution in [2.75, 3.05) is 11.5 Å². The predicted molar refractivity (Wildman–Crippen MR) is 155 cm³/mol. The molecular weight excluding hydrogens is 551 g/mol. The Hall–Kier alpha value is -4.77. The van der Waals surface area contributed by atoms with Gasteiger partial charge in [0.05, 0.1) is 5.69 Å². The van der Waals surface area contributed by atoms with Gasteiger partial charge in [-0.2, -0.15) is 0 Å². The number of fused-ring (bicyclic) bond motifs is 1. The second-order valence-corrected chi connectivity index (χ2v) is 9.51. The van der Waals surface area contributed by atoms with Gasteiger partial charge in [0.2, 0.25) is 0 Å². The van der Waals surface area contributed by atoms with Crippen LogP contribution >= 0.6 is 23.2 Å². The maximum Gasteiger partial charge on any atom is 0.335 e. The normalized spacial score (nSPS) is 14.3. The monoisotopic (exact) mass is 570 g/mol. The highest BCUT2D eigenvalue weighted by Gasteiger charge is 2.37. The second-order valence-electron chi connectivity index (χ2n) is 8.67. The number of halogens is 2. The molecule has 40 heavy (non-hydrogen) atoms. The van der Waals surface area contributed by atoms with Crippen LogP contribution in [0.2, 0.25) is 10.0 Å². The first-order valence-corrected chi connectivity index (χ1v) is 12.8. The van der Waals surface area contributed by atoms with Gasteiger partial charge in [0.1, 0.15) is 30.3 Å². The number of terminal acetylenes is 1. The number of amides is 4. The molecule has 7 nitrogen and oxygen atoms in total. The van der Waals surface area contributed by atoms with Crippen LogP contribution in [-0.4, -0.2) is 24.5 Å². The van der Waals surface area contributed by atoms with Crippen LogP contribution in [0, 0.1) is 12.3 Å². The summed E-state index contributed by atoms with van der Waals surface area (Å²) in [5, 5.41) is 4.85. The summed E-state index contributed by atoms with van der Waals surface area (Å²) in [6.07, 6.45) is 6.78. The molecule has 0 aromatic heterocycles. The van der Waals surface area contributed by atoms with E-state index in [9.17, 15) is 14.4 Å². The van der Waals surface area contributed by atoms with Crippen LogP contribution in [0.5, 0.6) is 11.5 Å². The number of carbonyl (C=O) groups excluding carboxylic acids is 3. The average Bonchev–Trinajstić information content (AvgIpc) is 2.94. The van der Waals surface area contributed by atoms with Gasteiger partial charge in [0, 0.05) is 21.2 Å². The van der Waals surface area contributed by atoms with Gasteiger partial charge in [0.25, 0.3) is 11.8 Å². The number of nitrogens with zero attached hydrogens (tertiary/aromatic N) is 1. The minimum atomic E-state index is -0.865. The Bertz CT molecular complexity index is 1720. The summed E-state index contributed by atoms with van der Waals surface area (Å²) in [6.45, 7) is 0.187. The molecule has 1 fully saturated rings. The van der Waals surface area contributed by atoms with Gasteiger partial charge in [-0.05, 0) is 59.3 Å². The van der Waals surface area contributed by atoms with E-state index in [4.69, 9.17) is 39.1 Å². The predicted octanol–water partition coefficient (Wildman–Crippen LogP) is 6.40. The zero-order chi connectivity index (χ0) is 28.2. The third-order valence-electron chi connectivity index (χ3n) is 6.14. The molecule has 0 bridgehead atoms. The van der Waals surface area contributed by atoms with Crippen molar-refractivity contribution in [2.24, 2.45) is 0 Å². The molecule has 1 aliphatic heterocycles. The second kappa shape index (κ2) is 11.5. The van der Waals surface area contributed by atoms with Crippen LogP contribution < -0.4 is 19.7 Å². The molecule has 1 N–H and O–H groups in total. The molecule has 4 amide bonds. The Kier molecular flexibility index (Phi) is 7.74. The van der Waals surface area contributed by atoms with Crippen molar-refractivity contribution in [3.05, 3.63) is 106 Å². The van der Waals surface area contributed by atoms with Gasteiger partial charge in [-0.15, -0.1) is 6.42 Å². The highest BCUT2D eigenvalue weighted by molar-refractivity contribution is 6.39. The Balaban J connectivity index is 1.43.